The summed E-state index contributed by atoms with van der Waals surface area (Å²) in [5.41, 5.74) is 2.69. The molecule has 0 amide bonds. The normalized spacial score (nSPS) is 11.8. The average molecular weight is 358 g/mol. The highest BCUT2D eigenvalue weighted by Gasteiger charge is 2.15. The van der Waals surface area contributed by atoms with Gasteiger partial charge in [-0.3, -0.25) is 4.68 Å². The molecule has 1 heterocycles. The highest BCUT2D eigenvalue weighted by Crippen LogP contribution is 2.20. The quantitative estimate of drug-likeness (QED) is 0.912. The first-order chi connectivity index (χ1) is 9.31. The summed E-state index contributed by atoms with van der Waals surface area (Å²) in [7, 11) is -1.69. The molecule has 1 aromatic carbocycles. The molecule has 0 aliphatic carbocycles. The minimum Gasteiger partial charge on any atom is -0.273 e. The Morgan fingerprint density at radius 3 is 2.60 bits per heavy atom. The first-order valence-corrected chi connectivity index (χ1v) is 8.32. The number of aromatic nitrogens is 2. The molecule has 1 N–H and O–H groups in total. The second kappa shape index (κ2) is 5.67. The summed E-state index contributed by atoms with van der Waals surface area (Å²) in [5.74, 6) is 0. The highest BCUT2D eigenvalue weighted by molar-refractivity contribution is 9.10. The SMILES string of the molecule is Cc1cc(S(=O)(=O)NCc2cnn(C)c2C)ccc1Br. The molecule has 0 spiro atoms. The molecule has 5 nitrogen and oxygen atoms in total. The Bertz CT molecular complexity index is 738. The number of hydrogen-bond acceptors (Lipinski definition) is 3. The van der Waals surface area contributed by atoms with Crippen LogP contribution in [0.5, 0.6) is 0 Å². The molecule has 7 heteroatoms. The van der Waals surface area contributed by atoms with Gasteiger partial charge in [-0.1, -0.05) is 15.9 Å². The second-order valence-electron chi connectivity index (χ2n) is 4.61. The van der Waals surface area contributed by atoms with Crippen molar-refractivity contribution in [2.24, 2.45) is 7.05 Å². The van der Waals surface area contributed by atoms with Gasteiger partial charge in [0.2, 0.25) is 10.0 Å². The molecule has 0 aliphatic heterocycles. The van der Waals surface area contributed by atoms with Gasteiger partial charge in [0.05, 0.1) is 11.1 Å². The molecule has 0 saturated heterocycles. The van der Waals surface area contributed by atoms with E-state index >= 15 is 0 Å². The van der Waals surface area contributed by atoms with E-state index in [1.807, 2.05) is 20.9 Å². The third kappa shape index (κ3) is 3.11. The second-order valence-corrected chi connectivity index (χ2v) is 7.24. The lowest BCUT2D eigenvalue weighted by atomic mass is 10.2. The van der Waals surface area contributed by atoms with Crippen molar-refractivity contribution in [1.82, 2.24) is 14.5 Å². The Hall–Kier alpha value is -1.18. The number of nitrogens with one attached hydrogen (secondary N) is 1. The Balaban J connectivity index is 2.19. The predicted molar refractivity (Wildman–Crippen MR) is 80.8 cm³/mol. The molecule has 0 aliphatic rings. The molecule has 0 radical (unpaired) electrons. The molecule has 0 bridgehead atoms. The number of aryl methyl sites for hydroxylation is 2. The van der Waals surface area contributed by atoms with E-state index in [-0.39, 0.29) is 11.4 Å². The summed E-state index contributed by atoms with van der Waals surface area (Å²) in [4.78, 5) is 0.264. The summed E-state index contributed by atoms with van der Waals surface area (Å²) < 4.78 is 29.7. The van der Waals surface area contributed by atoms with Crippen molar-refractivity contribution >= 4 is 26.0 Å². The first kappa shape index (κ1) is 15.2. The van der Waals surface area contributed by atoms with E-state index in [0.717, 1.165) is 21.3 Å². The summed E-state index contributed by atoms with van der Waals surface area (Å²) in [6.45, 7) is 3.99. The van der Waals surface area contributed by atoms with Crippen molar-refractivity contribution in [3.8, 4) is 0 Å². The van der Waals surface area contributed by atoms with Crippen LogP contribution in [0.3, 0.4) is 0 Å². The van der Waals surface area contributed by atoms with Crippen LogP contribution in [0.1, 0.15) is 16.8 Å². The van der Waals surface area contributed by atoms with E-state index in [9.17, 15) is 8.42 Å². The molecular weight excluding hydrogens is 342 g/mol. The van der Waals surface area contributed by atoms with Crippen LogP contribution in [0.15, 0.2) is 33.8 Å². The van der Waals surface area contributed by atoms with Crippen LogP contribution in [0.2, 0.25) is 0 Å². The Morgan fingerprint density at radius 2 is 2.05 bits per heavy atom. The highest BCUT2D eigenvalue weighted by atomic mass is 79.9. The van der Waals surface area contributed by atoms with Gasteiger partial charge in [0.25, 0.3) is 0 Å². The fourth-order valence-corrected chi connectivity index (χ4v) is 3.10. The Morgan fingerprint density at radius 1 is 1.35 bits per heavy atom. The smallest absolute Gasteiger partial charge is 0.240 e. The van der Waals surface area contributed by atoms with Crippen molar-refractivity contribution in [2.75, 3.05) is 0 Å². The molecule has 20 heavy (non-hydrogen) atoms. The zero-order chi connectivity index (χ0) is 14.9. The summed E-state index contributed by atoms with van der Waals surface area (Å²) in [6, 6.07) is 4.96. The minimum atomic E-state index is -3.51. The van der Waals surface area contributed by atoms with Crippen LogP contribution in [-0.2, 0) is 23.6 Å². The number of nitrogens with zero attached hydrogens (tertiary/aromatic N) is 2. The van der Waals surface area contributed by atoms with E-state index in [1.54, 1.807) is 29.1 Å². The third-order valence-corrected chi connectivity index (χ3v) is 5.52. The van der Waals surface area contributed by atoms with Gasteiger partial charge in [-0.15, -0.1) is 0 Å². The van der Waals surface area contributed by atoms with E-state index in [4.69, 9.17) is 0 Å². The monoisotopic (exact) mass is 357 g/mol. The molecular formula is C13H16BrN3O2S. The lowest BCUT2D eigenvalue weighted by molar-refractivity contribution is 0.581. The van der Waals surface area contributed by atoms with Crippen LogP contribution < -0.4 is 4.72 Å². The fourth-order valence-electron chi connectivity index (χ4n) is 1.76. The first-order valence-electron chi connectivity index (χ1n) is 6.04. The molecule has 1 aromatic heterocycles. The van der Waals surface area contributed by atoms with Crippen molar-refractivity contribution in [3.05, 3.63) is 45.7 Å². The zero-order valence-electron chi connectivity index (χ0n) is 11.5. The van der Waals surface area contributed by atoms with Gasteiger partial charge in [-0.25, -0.2) is 13.1 Å². The third-order valence-electron chi connectivity index (χ3n) is 3.23. The van der Waals surface area contributed by atoms with Crippen molar-refractivity contribution in [3.63, 3.8) is 0 Å². The lowest BCUT2D eigenvalue weighted by Gasteiger charge is -2.08. The van der Waals surface area contributed by atoms with Crippen molar-refractivity contribution in [2.45, 2.75) is 25.3 Å². The summed E-state index contributed by atoms with van der Waals surface area (Å²) in [5, 5.41) is 4.09. The van der Waals surface area contributed by atoms with E-state index in [2.05, 4.69) is 25.8 Å². The van der Waals surface area contributed by atoms with Gasteiger partial charge in [0.1, 0.15) is 0 Å². The molecule has 2 rings (SSSR count). The maximum atomic E-state index is 12.2. The summed E-state index contributed by atoms with van der Waals surface area (Å²) in [6.07, 6.45) is 1.67. The largest absolute Gasteiger partial charge is 0.273 e. The van der Waals surface area contributed by atoms with Crippen LogP contribution in [-0.4, -0.2) is 18.2 Å². The van der Waals surface area contributed by atoms with Gasteiger partial charge in [0, 0.05) is 29.3 Å². The van der Waals surface area contributed by atoms with E-state index < -0.39 is 10.0 Å². The van der Waals surface area contributed by atoms with Crippen LogP contribution in [0.25, 0.3) is 0 Å². The lowest BCUT2D eigenvalue weighted by Crippen LogP contribution is -2.23. The Labute approximate surface area is 127 Å². The van der Waals surface area contributed by atoms with E-state index in [0.29, 0.717) is 0 Å². The summed E-state index contributed by atoms with van der Waals surface area (Å²) >= 11 is 3.36. The average Bonchev–Trinajstić information content (AvgIpc) is 2.71. The maximum Gasteiger partial charge on any atom is 0.240 e. The van der Waals surface area contributed by atoms with Gasteiger partial charge >= 0.3 is 0 Å². The topological polar surface area (TPSA) is 64.0 Å². The maximum absolute atomic E-state index is 12.2. The van der Waals surface area contributed by atoms with Gasteiger partial charge < -0.3 is 0 Å². The van der Waals surface area contributed by atoms with Crippen molar-refractivity contribution in [1.29, 1.82) is 0 Å². The van der Waals surface area contributed by atoms with Gasteiger partial charge in [-0.2, -0.15) is 5.10 Å². The molecule has 2 aromatic rings. The van der Waals surface area contributed by atoms with Gasteiger partial charge in [0.15, 0.2) is 0 Å². The molecule has 0 fully saturated rings. The molecule has 0 atom stereocenters. The standard InChI is InChI=1S/C13H16BrN3O2S/c1-9-6-12(4-5-13(9)14)20(18,19)16-8-11-7-15-17(3)10(11)2/h4-7,16H,8H2,1-3H3. The molecule has 0 unspecified atom stereocenters. The van der Waals surface area contributed by atoms with Crippen LogP contribution in [0, 0.1) is 13.8 Å². The number of rotatable bonds is 4. The minimum absolute atomic E-state index is 0.233. The molecule has 0 saturated carbocycles. The zero-order valence-corrected chi connectivity index (χ0v) is 13.9. The molecule has 108 valence electrons. The number of hydrogen-bond donors (Lipinski definition) is 1. The van der Waals surface area contributed by atoms with E-state index in [1.165, 1.54) is 0 Å². The number of sulfonamides is 1. The fraction of sp³-hybridized carbons (Fsp3) is 0.308. The van der Waals surface area contributed by atoms with Crippen LogP contribution in [0.4, 0.5) is 0 Å². The van der Waals surface area contributed by atoms with Crippen LogP contribution >= 0.6 is 15.9 Å². The number of benzene rings is 1. The van der Waals surface area contributed by atoms with Crippen molar-refractivity contribution < 1.29 is 8.42 Å². The predicted octanol–water partition coefficient (Wildman–Crippen LogP) is 2.28. The van der Waals surface area contributed by atoms with Gasteiger partial charge in [-0.05, 0) is 37.6 Å². The Kier molecular flexibility index (Phi) is 4.31. The number of halogens is 1.